The monoisotopic (exact) mass is 475 g/mol. The number of para-hydroxylation sites is 1. The number of nitrogens with one attached hydrogen (secondary N) is 3. The molecule has 7 nitrogen and oxygen atoms in total. The van der Waals surface area contributed by atoms with Crippen LogP contribution >= 0.6 is 11.8 Å². The quantitative estimate of drug-likeness (QED) is 0.463. The fraction of sp³-hybridized carbons (Fsp3) is 0.304. The molecule has 0 aliphatic carbocycles. The highest BCUT2D eigenvalue weighted by Crippen LogP contribution is 2.19. The van der Waals surface area contributed by atoms with Crippen LogP contribution in [0.2, 0.25) is 0 Å². The zero-order chi connectivity index (χ0) is 23.6. The van der Waals surface area contributed by atoms with Crippen molar-refractivity contribution < 1.29 is 18.0 Å². The Labute approximate surface area is 194 Å². The molecular formula is C23H29N3O4S2. The van der Waals surface area contributed by atoms with Gasteiger partial charge in [0.1, 0.15) is 6.04 Å². The smallest absolute Gasteiger partial charge is 0.243 e. The van der Waals surface area contributed by atoms with Crippen molar-refractivity contribution in [2.45, 2.75) is 26.3 Å². The van der Waals surface area contributed by atoms with Crippen LogP contribution in [0.5, 0.6) is 0 Å². The predicted molar refractivity (Wildman–Crippen MR) is 132 cm³/mol. The number of thioether (sulfide) groups is 1. The Hall–Kier alpha value is -2.62. The van der Waals surface area contributed by atoms with Gasteiger partial charge in [-0.05, 0) is 55.0 Å². The first-order chi connectivity index (χ1) is 15.2. The van der Waals surface area contributed by atoms with Crippen molar-refractivity contribution in [3.63, 3.8) is 0 Å². The predicted octanol–water partition coefficient (Wildman–Crippen LogP) is 3.07. The normalized spacial score (nSPS) is 12.5. The summed E-state index contributed by atoms with van der Waals surface area (Å²) in [6.45, 7) is 3.51. The van der Waals surface area contributed by atoms with E-state index in [0.717, 1.165) is 22.1 Å². The lowest BCUT2D eigenvalue weighted by Gasteiger charge is -2.17. The third-order valence-corrected chi connectivity index (χ3v) is 6.39. The van der Waals surface area contributed by atoms with Gasteiger partial charge in [0, 0.05) is 11.1 Å². The highest BCUT2D eigenvalue weighted by Gasteiger charge is 2.23. The maximum absolute atomic E-state index is 12.6. The molecule has 0 radical (unpaired) electrons. The molecule has 2 rings (SSSR count). The number of hydrogen-bond acceptors (Lipinski definition) is 5. The van der Waals surface area contributed by atoms with Gasteiger partial charge in [0.05, 0.1) is 6.54 Å². The van der Waals surface area contributed by atoms with E-state index in [2.05, 4.69) is 15.4 Å². The molecule has 32 heavy (non-hydrogen) atoms. The summed E-state index contributed by atoms with van der Waals surface area (Å²) in [6.07, 6.45) is 3.63. The van der Waals surface area contributed by atoms with Gasteiger partial charge in [0.2, 0.25) is 21.8 Å². The van der Waals surface area contributed by atoms with E-state index in [-0.39, 0.29) is 12.5 Å². The van der Waals surface area contributed by atoms with Crippen molar-refractivity contribution in [2.75, 3.05) is 23.9 Å². The molecule has 0 aliphatic heterocycles. The van der Waals surface area contributed by atoms with E-state index >= 15 is 0 Å². The molecule has 172 valence electrons. The molecule has 3 N–H and O–H groups in total. The van der Waals surface area contributed by atoms with Gasteiger partial charge in [-0.15, -0.1) is 0 Å². The second kappa shape index (κ2) is 12.4. The number of sulfonamides is 1. The largest absolute Gasteiger partial charge is 0.346 e. The van der Waals surface area contributed by atoms with Gasteiger partial charge < -0.3 is 10.6 Å². The van der Waals surface area contributed by atoms with Gasteiger partial charge in [-0.3, -0.25) is 9.59 Å². The van der Waals surface area contributed by atoms with Crippen molar-refractivity contribution in [3.8, 4) is 0 Å². The summed E-state index contributed by atoms with van der Waals surface area (Å²) in [4.78, 5) is 25.0. The second-order valence-electron chi connectivity index (χ2n) is 7.24. The molecule has 2 aromatic rings. The molecular weight excluding hydrogens is 446 g/mol. The highest BCUT2D eigenvalue weighted by molar-refractivity contribution is 7.98. The van der Waals surface area contributed by atoms with Crippen LogP contribution in [0.1, 0.15) is 23.1 Å². The van der Waals surface area contributed by atoms with Crippen LogP contribution in [0.3, 0.4) is 0 Å². The summed E-state index contributed by atoms with van der Waals surface area (Å²) in [6, 6.07) is 13.7. The Kier molecular flexibility index (Phi) is 9.96. The summed E-state index contributed by atoms with van der Waals surface area (Å²) in [5, 5.41) is 6.37. The number of rotatable bonds is 11. The summed E-state index contributed by atoms with van der Waals surface area (Å²) in [5.41, 5.74) is 3.27. The van der Waals surface area contributed by atoms with Gasteiger partial charge in [-0.2, -0.15) is 16.5 Å². The molecule has 0 heterocycles. The molecule has 9 heteroatoms. The molecule has 0 aromatic heterocycles. The maximum atomic E-state index is 12.6. The summed E-state index contributed by atoms with van der Waals surface area (Å²) >= 11 is 1.50. The fourth-order valence-electron chi connectivity index (χ4n) is 2.93. The molecule has 0 unspecified atom stereocenters. The molecule has 2 aromatic carbocycles. The van der Waals surface area contributed by atoms with Gasteiger partial charge in [-0.25, -0.2) is 8.42 Å². The van der Waals surface area contributed by atoms with Crippen molar-refractivity contribution >= 4 is 45.4 Å². The average molecular weight is 476 g/mol. The third kappa shape index (κ3) is 8.49. The Morgan fingerprint density at radius 1 is 1.03 bits per heavy atom. The van der Waals surface area contributed by atoms with Crippen LogP contribution in [-0.2, 0) is 19.6 Å². The summed E-state index contributed by atoms with van der Waals surface area (Å²) in [7, 11) is -3.85. The van der Waals surface area contributed by atoms with E-state index in [1.807, 2.05) is 44.4 Å². The van der Waals surface area contributed by atoms with E-state index in [1.165, 1.54) is 17.8 Å². The van der Waals surface area contributed by atoms with Crippen molar-refractivity contribution in [1.29, 1.82) is 0 Å². The van der Waals surface area contributed by atoms with Crippen LogP contribution in [0.15, 0.2) is 53.9 Å². The molecule has 0 saturated heterocycles. The topological polar surface area (TPSA) is 104 Å². The molecule has 0 aliphatic rings. The van der Waals surface area contributed by atoms with E-state index in [1.54, 1.807) is 24.3 Å². The highest BCUT2D eigenvalue weighted by atomic mass is 32.2. The minimum atomic E-state index is -3.85. The third-order valence-electron chi connectivity index (χ3n) is 4.64. The van der Waals surface area contributed by atoms with E-state index in [4.69, 9.17) is 0 Å². The fourth-order valence-corrected chi connectivity index (χ4v) is 4.44. The van der Waals surface area contributed by atoms with Gasteiger partial charge >= 0.3 is 0 Å². The molecule has 1 atom stereocenters. The average Bonchev–Trinajstić information content (AvgIpc) is 2.77. The van der Waals surface area contributed by atoms with Crippen LogP contribution in [-0.4, -0.2) is 44.8 Å². The van der Waals surface area contributed by atoms with E-state index in [9.17, 15) is 18.0 Å². The van der Waals surface area contributed by atoms with Gasteiger partial charge in [-0.1, -0.05) is 48.5 Å². The lowest BCUT2D eigenvalue weighted by atomic mass is 10.1. The lowest BCUT2D eigenvalue weighted by Crippen LogP contribution is -2.48. The summed E-state index contributed by atoms with van der Waals surface area (Å²) in [5.74, 6) is -0.351. The van der Waals surface area contributed by atoms with Crippen molar-refractivity contribution in [3.05, 3.63) is 70.6 Å². The molecule has 0 saturated carbocycles. The van der Waals surface area contributed by atoms with Crippen molar-refractivity contribution in [1.82, 2.24) is 10.0 Å². The first-order valence-electron chi connectivity index (χ1n) is 10.1. The number of anilines is 1. The van der Waals surface area contributed by atoms with Gasteiger partial charge in [0.15, 0.2) is 0 Å². The molecule has 0 spiro atoms. The molecule has 0 fully saturated rings. The molecule has 0 bridgehead atoms. The zero-order valence-electron chi connectivity index (χ0n) is 18.4. The lowest BCUT2D eigenvalue weighted by molar-refractivity contribution is -0.125. The zero-order valence-corrected chi connectivity index (χ0v) is 20.1. The second-order valence-corrected chi connectivity index (χ2v) is 9.83. The minimum absolute atomic E-state index is 0.260. The Balaban J connectivity index is 1.99. The van der Waals surface area contributed by atoms with Crippen LogP contribution in [0.4, 0.5) is 5.69 Å². The summed E-state index contributed by atoms with van der Waals surface area (Å²) < 4.78 is 27.4. The minimum Gasteiger partial charge on any atom is -0.346 e. The van der Waals surface area contributed by atoms with E-state index < -0.39 is 22.0 Å². The SMILES string of the molecule is CSCC[C@@H](NS(=O)(=O)/C=C/c1ccccc1)C(=O)NCC(=O)Nc1c(C)cccc1C. The van der Waals surface area contributed by atoms with Crippen LogP contribution in [0, 0.1) is 13.8 Å². The van der Waals surface area contributed by atoms with Gasteiger partial charge in [0.25, 0.3) is 0 Å². The van der Waals surface area contributed by atoms with Crippen LogP contribution in [0.25, 0.3) is 6.08 Å². The van der Waals surface area contributed by atoms with Crippen LogP contribution < -0.4 is 15.4 Å². The molecule has 2 amide bonds. The van der Waals surface area contributed by atoms with E-state index in [0.29, 0.717) is 17.9 Å². The number of carbonyl (C=O) groups excluding carboxylic acids is 2. The number of benzene rings is 2. The number of aryl methyl sites for hydroxylation is 2. The number of amides is 2. The Bertz CT molecular complexity index is 1030. The van der Waals surface area contributed by atoms with Crippen molar-refractivity contribution in [2.24, 2.45) is 0 Å². The first kappa shape index (κ1) is 25.6. The first-order valence-corrected chi connectivity index (χ1v) is 13.0. The Morgan fingerprint density at radius 3 is 2.31 bits per heavy atom. The number of carbonyl (C=O) groups is 2. The Morgan fingerprint density at radius 2 is 1.69 bits per heavy atom. The standard InChI is InChI=1S/C23H29N3O4S2/c1-17-8-7-9-18(2)22(17)25-21(27)16-24-23(28)20(12-14-31-3)26-32(29,30)15-13-19-10-5-4-6-11-19/h4-11,13,15,20,26H,12,14,16H2,1-3H3,(H,24,28)(H,25,27)/b15-13+/t20-/m1/s1. The number of hydrogen-bond donors (Lipinski definition) is 3. The maximum Gasteiger partial charge on any atom is 0.243 e.